The van der Waals surface area contributed by atoms with Crippen LogP contribution in [-0.2, 0) is 6.42 Å². The summed E-state index contributed by atoms with van der Waals surface area (Å²) < 4.78 is 0. The van der Waals surface area contributed by atoms with E-state index in [0.717, 1.165) is 23.6 Å². The third-order valence-corrected chi connectivity index (χ3v) is 2.53. The predicted molar refractivity (Wildman–Crippen MR) is 64.0 cm³/mol. The van der Waals surface area contributed by atoms with Gasteiger partial charge in [-0.25, -0.2) is 9.97 Å². The van der Waals surface area contributed by atoms with Crippen LogP contribution in [0, 0.1) is 13.8 Å². The van der Waals surface area contributed by atoms with E-state index in [4.69, 9.17) is 0 Å². The van der Waals surface area contributed by atoms with E-state index in [1.54, 1.807) is 0 Å². The predicted octanol–water partition coefficient (Wildman–Crippen LogP) is 3.61. The SMILES string of the molecule is CCCCCCCc1nc(C)cc(C)n1. The minimum atomic E-state index is 1.02. The molecule has 0 saturated carbocycles. The molecule has 0 aliphatic rings. The van der Waals surface area contributed by atoms with Crippen molar-refractivity contribution in [1.82, 2.24) is 9.97 Å². The highest BCUT2D eigenvalue weighted by Gasteiger charge is 1.99. The lowest BCUT2D eigenvalue weighted by molar-refractivity contribution is 0.621. The topological polar surface area (TPSA) is 25.8 Å². The first-order valence-corrected chi connectivity index (χ1v) is 6.03. The molecule has 1 heterocycles. The molecule has 0 atom stereocenters. The van der Waals surface area contributed by atoms with Crippen LogP contribution in [-0.4, -0.2) is 9.97 Å². The van der Waals surface area contributed by atoms with E-state index >= 15 is 0 Å². The Morgan fingerprint density at radius 2 is 1.53 bits per heavy atom. The van der Waals surface area contributed by atoms with Crippen molar-refractivity contribution in [2.24, 2.45) is 0 Å². The first-order valence-electron chi connectivity index (χ1n) is 6.03. The Hall–Kier alpha value is -0.920. The Balaban J connectivity index is 2.31. The standard InChI is InChI=1S/C13H22N2/c1-4-5-6-7-8-9-13-14-11(2)10-12(3)15-13/h10H,4-9H2,1-3H3. The molecular formula is C13H22N2. The van der Waals surface area contributed by atoms with Crippen molar-refractivity contribution < 1.29 is 0 Å². The van der Waals surface area contributed by atoms with E-state index in [2.05, 4.69) is 16.9 Å². The fraction of sp³-hybridized carbons (Fsp3) is 0.692. The first kappa shape index (κ1) is 12.2. The molecule has 0 amide bonds. The molecule has 0 unspecified atom stereocenters. The Labute approximate surface area is 93.2 Å². The molecule has 0 aromatic carbocycles. The molecule has 2 nitrogen and oxygen atoms in total. The fourth-order valence-electron chi connectivity index (χ4n) is 1.80. The van der Waals surface area contributed by atoms with Gasteiger partial charge in [-0.05, 0) is 26.3 Å². The van der Waals surface area contributed by atoms with Crippen LogP contribution in [0.4, 0.5) is 0 Å². The zero-order valence-electron chi connectivity index (χ0n) is 10.2. The van der Waals surface area contributed by atoms with Gasteiger partial charge in [-0.3, -0.25) is 0 Å². The van der Waals surface area contributed by atoms with Crippen LogP contribution in [0.25, 0.3) is 0 Å². The van der Waals surface area contributed by atoms with E-state index in [1.165, 1.54) is 32.1 Å². The lowest BCUT2D eigenvalue weighted by Crippen LogP contribution is -1.99. The summed E-state index contributed by atoms with van der Waals surface area (Å²) in [4.78, 5) is 8.88. The quantitative estimate of drug-likeness (QED) is 0.664. The molecule has 0 radical (unpaired) electrons. The van der Waals surface area contributed by atoms with Gasteiger partial charge in [0.15, 0.2) is 0 Å². The van der Waals surface area contributed by atoms with Crippen LogP contribution < -0.4 is 0 Å². The summed E-state index contributed by atoms with van der Waals surface area (Å²) in [5.74, 6) is 1.02. The molecule has 0 bridgehead atoms. The van der Waals surface area contributed by atoms with E-state index in [1.807, 2.05) is 19.9 Å². The van der Waals surface area contributed by atoms with Crippen LogP contribution in [0.2, 0.25) is 0 Å². The van der Waals surface area contributed by atoms with E-state index in [-0.39, 0.29) is 0 Å². The minimum Gasteiger partial charge on any atom is -0.238 e. The van der Waals surface area contributed by atoms with Gasteiger partial charge in [-0.15, -0.1) is 0 Å². The third-order valence-electron chi connectivity index (χ3n) is 2.53. The number of aromatic nitrogens is 2. The van der Waals surface area contributed by atoms with Crippen LogP contribution in [0.3, 0.4) is 0 Å². The smallest absolute Gasteiger partial charge is 0.128 e. The van der Waals surface area contributed by atoms with Crippen molar-refractivity contribution in [2.45, 2.75) is 59.3 Å². The fourth-order valence-corrected chi connectivity index (χ4v) is 1.80. The second-order valence-corrected chi connectivity index (χ2v) is 4.23. The zero-order valence-corrected chi connectivity index (χ0v) is 10.2. The average Bonchev–Trinajstić information content (AvgIpc) is 2.16. The molecule has 1 aromatic rings. The summed E-state index contributed by atoms with van der Waals surface area (Å²) >= 11 is 0. The molecule has 0 N–H and O–H groups in total. The van der Waals surface area contributed by atoms with Crippen LogP contribution in [0.15, 0.2) is 6.07 Å². The van der Waals surface area contributed by atoms with Crippen molar-refractivity contribution in [3.8, 4) is 0 Å². The molecule has 0 aliphatic carbocycles. The minimum absolute atomic E-state index is 1.02. The Morgan fingerprint density at radius 1 is 0.933 bits per heavy atom. The number of hydrogen-bond acceptors (Lipinski definition) is 2. The molecule has 1 rings (SSSR count). The molecule has 15 heavy (non-hydrogen) atoms. The summed E-state index contributed by atoms with van der Waals surface area (Å²) in [6, 6.07) is 2.03. The van der Waals surface area contributed by atoms with Crippen LogP contribution in [0.5, 0.6) is 0 Å². The van der Waals surface area contributed by atoms with E-state index < -0.39 is 0 Å². The van der Waals surface area contributed by atoms with Gasteiger partial charge in [0, 0.05) is 17.8 Å². The molecular weight excluding hydrogens is 184 g/mol. The molecule has 0 saturated heterocycles. The van der Waals surface area contributed by atoms with Crippen molar-refractivity contribution in [1.29, 1.82) is 0 Å². The average molecular weight is 206 g/mol. The lowest BCUT2D eigenvalue weighted by atomic mass is 10.1. The van der Waals surface area contributed by atoms with Gasteiger partial charge in [0.25, 0.3) is 0 Å². The van der Waals surface area contributed by atoms with Crippen molar-refractivity contribution in [3.63, 3.8) is 0 Å². The van der Waals surface area contributed by atoms with Gasteiger partial charge in [-0.2, -0.15) is 0 Å². The van der Waals surface area contributed by atoms with E-state index in [9.17, 15) is 0 Å². The van der Waals surface area contributed by atoms with Gasteiger partial charge in [0.2, 0.25) is 0 Å². The maximum absolute atomic E-state index is 4.44. The lowest BCUT2D eigenvalue weighted by Gasteiger charge is -2.03. The van der Waals surface area contributed by atoms with Gasteiger partial charge in [0.1, 0.15) is 5.82 Å². The van der Waals surface area contributed by atoms with Crippen molar-refractivity contribution in [3.05, 3.63) is 23.3 Å². The van der Waals surface area contributed by atoms with Crippen molar-refractivity contribution in [2.75, 3.05) is 0 Å². The summed E-state index contributed by atoms with van der Waals surface area (Å²) in [6.45, 7) is 6.32. The number of nitrogens with zero attached hydrogens (tertiary/aromatic N) is 2. The van der Waals surface area contributed by atoms with Crippen LogP contribution >= 0.6 is 0 Å². The highest BCUT2D eigenvalue weighted by molar-refractivity contribution is 5.08. The summed E-state index contributed by atoms with van der Waals surface area (Å²) in [5.41, 5.74) is 2.18. The Bertz CT molecular complexity index is 274. The normalized spacial score (nSPS) is 10.6. The second-order valence-electron chi connectivity index (χ2n) is 4.23. The number of rotatable bonds is 6. The highest BCUT2D eigenvalue weighted by Crippen LogP contribution is 2.07. The second kappa shape index (κ2) is 6.54. The molecule has 1 aromatic heterocycles. The number of hydrogen-bond donors (Lipinski definition) is 0. The Kier molecular flexibility index (Phi) is 5.30. The summed E-state index contributed by atoms with van der Waals surface area (Å²) in [6.07, 6.45) is 7.58. The van der Waals surface area contributed by atoms with Crippen LogP contribution in [0.1, 0.15) is 56.2 Å². The molecule has 0 spiro atoms. The van der Waals surface area contributed by atoms with Gasteiger partial charge >= 0.3 is 0 Å². The van der Waals surface area contributed by atoms with Gasteiger partial charge < -0.3 is 0 Å². The third kappa shape index (κ3) is 4.91. The first-order chi connectivity index (χ1) is 7.22. The maximum atomic E-state index is 4.44. The molecule has 84 valence electrons. The molecule has 0 fully saturated rings. The maximum Gasteiger partial charge on any atom is 0.128 e. The van der Waals surface area contributed by atoms with E-state index in [0.29, 0.717) is 0 Å². The number of aryl methyl sites for hydroxylation is 3. The summed E-state index contributed by atoms with van der Waals surface area (Å²) in [5, 5.41) is 0. The highest BCUT2D eigenvalue weighted by atomic mass is 14.9. The Morgan fingerprint density at radius 3 is 2.13 bits per heavy atom. The monoisotopic (exact) mass is 206 g/mol. The number of unbranched alkanes of at least 4 members (excludes halogenated alkanes) is 4. The van der Waals surface area contributed by atoms with Crippen molar-refractivity contribution >= 4 is 0 Å². The van der Waals surface area contributed by atoms with Gasteiger partial charge in [-0.1, -0.05) is 32.6 Å². The summed E-state index contributed by atoms with van der Waals surface area (Å²) in [7, 11) is 0. The van der Waals surface area contributed by atoms with Gasteiger partial charge in [0.05, 0.1) is 0 Å². The molecule has 0 aliphatic heterocycles. The zero-order chi connectivity index (χ0) is 11.1. The largest absolute Gasteiger partial charge is 0.238 e. The molecule has 2 heteroatoms.